The molecule has 0 radical (unpaired) electrons. The van der Waals surface area contributed by atoms with Crippen LogP contribution >= 0.6 is 24.6 Å². The molecule has 0 aliphatic rings. The molecule has 0 aliphatic carbocycles. The summed E-state index contributed by atoms with van der Waals surface area (Å²) in [6, 6.07) is 11.0. The average molecular weight is 227 g/mol. The Balaban J connectivity index is 2.68. The van der Waals surface area contributed by atoms with Crippen molar-refractivity contribution in [2.45, 2.75) is 19.9 Å². The highest BCUT2D eigenvalue weighted by molar-refractivity contribution is 8.01. The third-order valence-corrected chi connectivity index (χ3v) is 3.62. The van der Waals surface area contributed by atoms with Gasteiger partial charge in [-0.1, -0.05) is 18.2 Å². The summed E-state index contributed by atoms with van der Waals surface area (Å²) in [5.41, 5.74) is 1.27. The van der Waals surface area contributed by atoms with E-state index in [1.807, 2.05) is 18.0 Å². The van der Waals surface area contributed by atoms with Gasteiger partial charge in [0.15, 0.2) is 0 Å². The number of rotatable bonds is 5. The van der Waals surface area contributed by atoms with Crippen LogP contribution in [0.2, 0.25) is 0 Å². The number of benzene rings is 1. The van der Waals surface area contributed by atoms with Gasteiger partial charge in [-0.2, -0.15) is 12.6 Å². The van der Waals surface area contributed by atoms with E-state index in [9.17, 15) is 0 Å². The van der Waals surface area contributed by atoms with E-state index < -0.39 is 0 Å². The van der Waals surface area contributed by atoms with Gasteiger partial charge in [0.25, 0.3) is 0 Å². The van der Waals surface area contributed by atoms with Gasteiger partial charge in [-0.3, -0.25) is 0 Å². The van der Waals surface area contributed by atoms with Crippen molar-refractivity contribution in [3.05, 3.63) is 30.3 Å². The van der Waals surface area contributed by atoms with E-state index in [2.05, 4.69) is 55.0 Å². The first kappa shape index (κ1) is 11.8. The van der Waals surface area contributed by atoms with Crippen molar-refractivity contribution < 1.29 is 0 Å². The van der Waals surface area contributed by atoms with Crippen molar-refractivity contribution in [1.82, 2.24) is 0 Å². The normalized spacial score (nSPS) is 10.6. The largest absolute Gasteiger partial charge is 0.314 e. The molecule has 1 nitrogen and oxygen atoms in total. The van der Waals surface area contributed by atoms with Crippen LogP contribution in [0.1, 0.15) is 13.8 Å². The number of thiol groups is 1. The molecule has 0 N–H and O–H groups in total. The summed E-state index contributed by atoms with van der Waals surface area (Å²) in [4.78, 5) is 0. The highest BCUT2D eigenvalue weighted by atomic mass is 32.2. The minimum Gasteiger partial charge on any atom is -0.314 e. The molecule has 0 aliphatic heterocycles. The molecule has 0 atom stereocenters. The maximum absolute atomic E-state index is 4.23. The first-order chi connectivity index (χ1) is 6.75. The SMILES string of the molecule is CC(C)N(SCCS)c1ccccc1. The van der Waals surface area contributed by atoms with Gasteiger partial charge in [0.1, 0.15) is 0 Å². The van der Waals surface area contributed by atoms with Gasteiger partial charge in [-0.15, -0.1) is 0 Å². The number of hydrogen-bond donors (Lipinski definition) is 1. The second-order valence-corrected chi connectivity index (χ2v) is 4.82. The zero-order chi connectivity index (χ0) is 10.4. The fourth-order valence-electron chi connectivity index (χ4n) is 1.24. The highest BCUT2D eigenvalue weighted by Gasteiger charge is 2.09. The van der Waals surface area contributed by atoms with Crippen LogP contribution in [0.4, 0.5) is 5.69 Å². The molecule has 1 aromatic rings. The van der Waals surface area contributed by atoms with Crippen molar-refractivity contribution in [3.8, 4) is 0 Å². The van der Waals surface area contributed by atoms with Crippen LogP contribution in [0, 0.1) is 0 Å². The van der Waals surface area contributed by atoms with Gasteiger partial charge in [-0.05, 0) is 37.9 Å². The summed E-state index contributed by atoms with van der Waals surface area (Å²) in [5, 5.41) is 0. The number of hydrogen-bond acceptors (Lipinski definition) is 3. The van der Waals surface area contributed by atoms with E-state index in [0.29, 0.717) is 6.04 Å². The third kappa shape index (κ3) is 3.46. The molecular formula is C11H17NS2. The molecule has 3 heteroatoms. The quantitative estimate of drug-likeness (QED) is 0.606. The van der Waals surface area contributed by atoms with Crippen LogP contribution in [0.5, 0.6) is 0 Å². The molecule has 0 saturated carbocycles. The van der Waals surface area contributed by atoms with Crippen molar-refractivity contribution in [2.75, 3.05) is 15.8 Å². The van der Waals surface area contributed by atoms with Crippen LogP contribution < -0.4 is 4.31 Å². The molecule has 14 heavy (non-hydrogen) atoms. The van der Waals surface area contributed by atoms with Crippen molar-refractivity contribution in [2.24, 2.45) is 0 Å². The molecule has 0 saturated heterocycles. The van der Waals surface area contributed by atoms with E-state index in [4.69, 9.17) is 0 Å². The van der Waals surface area contributed by atoms with Crippen molar-refractivity contribution in [3.63, 3.8) is 0 Å². The number of anilines is 1. The average Bonchev–Trinajstić information content (AvgIpc) is 2.19. The Morgan fingerprint density at radius 3 is 2.43 bits per heavy atom. The second-order valence-electron chi connectivity index (χ2n) is 3.31. The van der Waals surface area contributed by atoms with E-state index in [1.54, 1.807) is 0 Å². The Kier molecular flexibility index (Phi) is 5.26. The van der Waals surface area contributed by atoms with Crippen LogP contribution in [-0.4, -0.2) is 17.5 Å². The summed E-state index contributed by atoms with van der Waals surface area (Å²) >= 11 is 6.07. The molecule has 1 rings (SSSR count). The van der Waals surface area contributed by atoms with E-state index >= 15 is 0 Å². The molecule has 0 amide bonds. The first-order valence-electron chi connectivity index (χ1n) is 4.83. The van der Waals surface area contributed by atoms with Gasteiger partial charge in [-0.25, -0.2) is 0 Å². The minimum absolute atomic E-state index is 0.516. The van der Waals surface area contributed by atoms with Gasteiger partial charge >= 0.3 is 0 Å². The molecule has 0 unspecified atom stereocenters. The van der Waals surface area contributed by atoms with Gasteiger partial charge in [0.2, 0.25) is 0 Å². The maximum Gasteiger partial charge on any atom is 0.0472 e. The Hall–Kier alpha value is -0.280. The summed E-state index contributed by atoms with van der Waals surface area (Å²) in [6.45, 7) is 4.41. The third-order valence-electron chi connectivity index (χ3n) is 1.80. The van der Waals surface area contributed by atoms with Crippen LogP contribution in [0.3, 0.4) is 0 Å². The van der Waals surface area contributed by atoms with Crippen LogP contribution in [0.15, 0.2) is 30.3 Å². The number of nitrogens with zero attached hydrogens (tertiary/aromatic N) is 1. The van der Waals surface area contributed by atoms with Gasteiger partial charge in [0, 0.05) is 23.2 Å². The van der Waals surface area contributed by atoms with Crippen molar-refractivity contribution in [1.29, 1.82) is 0 Å². The molecular weight excluding hydrogens is 210 g/mol. The second kappa shape index (κ2) is 6.25. The smallest absolute Gasteiger partial charge is 0.0472 e. The van der Waals surface area contributed by atoms with Crippen molar-refractivity contribution >= 4 is 30.3 Å². The van der Waals surface area contributed by atoms with E-state index in [-0.39, 0.29) is 0 Å². The Bertz CT molecular complexity index is 249. The van der Waals surface area contributed by atoms with E-state index in [1.165, 1.54) is 5.69 Å². The molecule has 0 heterocycles. The van der Waals surface area contributed by atoms with Crippen LogP contribution in [-0.2, 0) is 0 Å². The molecule has 0 fully saturated rings. The lowest BCUT2D eigenvalue weighted by molar-refractivity contribution is 0.836. The lowest BCUT2D eigenvalue weighted by Gasteiger charge is -2.27. The molecule has 0 spiro atoms. The summed E-state index contributed by atoms with van der Waals surface area (Å²) in [5.74, 6) is 1.97. The summed E-state index contributed by atoms with van der Waals surface area (Å²) < 4.78 is 2.33. The predicted octanol–water partition coefficient (Wildman–Crippen LogP) is 3.48. The Labute approximate surface area is 96.4 Å². The molecule has 1 aromatic carbocycles. The lowest BCUT2D eigenvalue weighted by Crippen LogP contribution is -2.23. The Morgan fingerprint density at radius 2 is 1.93 bits per heavy atom. The maximum atomic E-state index is 4.23. The topological polar surface area (TPSA) is 3.24 Å². The zero-order valence-corrected chi connectivity index (χ0v) is 10.4. The minimum atomic E-state index is 0.516. The fourth-order valence-corrected chi connectivity index (χ4v) is 2.33. The lowest BCUT2D eigenvalue weighted by atomic mass is 10.3. The van der Waals surface area contributed by atoms with E-state index in [0.717, 1.165) is 11.5 Å². The first-order valence-corrected chi connectivity index (χ1v) is 6.41. The molecule has 0 bridgehead atoms. The van der Waals surface area contributed by atoms with Gasteiger partial charge in [0.05, 0.1) is 0 Å². The highest BCUT2D eigenvalue weighted by Crippen LogP contribution is 2.24. The summed E-state index contributed by atoms with van der Waals surface area (Å²) in [7, 11) is 0. The molecule has 78 valence electrons. The number of para-hydroxylation sites is 1. The standard InChI is InChI=1S/C11H17NS2/c1-10(2)12(14-9-8-13)11-6-4-3-5-7-11/h3-7,10,13H,8-9H2,1-2H3. The molecule has 0 aromatic heterocycles. The Morgan fingerprint density at radius 1 is 1.29 bits per heavy atom. The zero-order valence-electron chi connectivity index (χ0n) is 8.68. The predicted molar refractivity (Wildman–Crippen MR) is 70.4 cm³/mol. The monoisotopic (exact) mass is 227 g/mol. The fraction of sp³-hybridized carbons (Fsp3) is 0.455. The van der Waals surface area contributed by atoms with Crippen LogP contribution in [0.25, 0.3) is 0 Å². The van der Waals surface area contributed by atoms with Gasteiger partial charge < -0.3 is 4.31 Å². The summed E-state index contributed by atoms with van der Waals surface area (Å²) in [6.07, 6.45) is 0.